The van der Waals surface area contributed by atoms with Crippen molar-refractivity contribution in [2.75, 3.05) is 4.72 Å². The number of nitrogens with zero attached hydrogens (tertiary/aromatic N) is 2. The van der Waals surface area contributed by atoms with E-state index in [0.29, 0.717) is 0 Å². The number of rotatable bonds is 3. The van der Waals surface area contributed by atoms with E-state index < -0.39 is 15.3 Å². The average Bonchev–Trinajstić information content (AvgIpc) is 1.99. The van der Waals surface area contributed by atoms with Gasteiger partial charge in [-0.25, -0.2) is 18.4 Å². The van der Waals surface area contributed by atoms with E-state index in [0.717, 1.165) is 11.4 Å². The third-order valence-electron chi connectivity index (χ3n) is 1.84. The highest BCUT2D eigenvalue weighted by molar-refractivity contribution is 7.93. The minimum absolute atomic E-state index is 0.140. The van der Waals surface area contributed by atoms with Gasteiger partial charge in [0.05, 0.1) is 5.25 Å². The predicted molar refractivity (Wildman–Crippen MR) is 59.2 cm³/mol. The summed E-state index contributed by atoms with van der Waals surface area (Å²) in [5, 5.41) is -0.498. The summed E-state index contributed by atoms with van der Waals surface area (Å²) in [5.74, 6) is 0.140. The highest BCUT2D eigenvalue weighted by atomic mass is 32.2. The number of nitrogens with one attached hydrogen (secondary N) is 1. The molecular weight excluding hydrogens is 214 g/mol. The molecule has 15 heavy (non-hydrogen) atoms. The minimum Gasteiger partial charge on any atom is -0.251 e. The van der Waals surface area contributed by atoms with Gasteiger partial charge in [-0.15, -0.1) is 0 Å². The van der Waals surface area contributed by atoms with Crippen LogP contribution in [0.15, 0.2) is 6.07 Å². The Bertz CT molecular complexity index is 434. The van der Waals surface area contributed by atoms with Crippen molar-refractivity contribution >= 4 is 16.0 Å². The van der Waals surface area contributed by atoms with Gasteiger partial charge in [0.2, 0.25) is 16.0 Å². The Morgan fingerprint density at radius 1 is 1.20 bits per heavy atom. The van der Waals surface area contributed by atoms with Crippen LogP contribution in [0.2, 0.25) is 0 Å². The molecule has 84 valence electrons. The molecule has 1 rings (SSSR count). The van der Waals surface area contributed by atoms with Gasteiger partial charge in [0, 0.05) is 11.4 Å². The first-order chi connectivity index (χ1) is 6.81. The summed E-state index contributed by atoms with van der Waals surface area (Å²) in [6.07, 6.45) is 0. The van der Waals surface area contributed by atoms with E-state index in [1.807, 2.05) is 0 Å². The summed E-state index contributed by atoms with van der Waals surface area (Å²) in [7, 11) is -3.36. The van der Waals surface area contributed by atoms with E-state index in [1.54, 1.807) is 33.8 Å². The SMILES string of the molecule is Cc1cc(C)nc(NS(=O)(=O)C(C)C)n1. The Morgan fingerprint density at radius 2 is 1.67 bits per heavy atom. The van der Waals surface area contributed by atoms with Gasteiger partial charge in [-0.1, -0.05) is 0 Å². The second kappa shape index (κ2) is 4.14. The van der Waals surface area contributed by atoms with Crippen LogP contribution in [0.3, 0.4) is 0 Å². The maximum atomic E-state index is 11.5. The lowest BCUT2D eigenvalue weighted by Crippen LogP contribution is -2.23. The molecule has 0 aliphatic rings. The van der Waals surface area contributed by atoms with E-state index in [4.69, 9.17) is 0 Å². The highest BCUT2D eigenvalue weighted by Gasteiger charge is 2.17. The fourth-order valence-corrected chi connectivity index (χ4v) is 1.60. The lowest BCUT2D eigenvalue weighted by molar-refractivity contribution is 0.592. The third kappa shape index (κ3) is 3.16. The summed E-state index contributed by atoms with van der Waals surface area (Å²) in [5.41, 5.74) is 1.48. The van der Waals surface area contributed by atoms with Crippen LogP contribution >= 0.6 is 0 Å². The minimum atomic E-state index is -3.36. The zero-order valence-electron chi connectivity index (χ0n) is 9.27. The van der Waals surface area contributed by atoms with Crippen molar-refractivity contribution in [3.8, 4) is 0 Å². The monoisotopic (exact) mass is 229 g/mol. The van der Waals surface area contributed by atoms with E-state index in [9.17, 15) is 8.42 Å². The fourth-order valence-electron chi connectivity index (χ4n) is 1.02. The molecule has 0 saturated heterocycles. The quantitative estimate of drug-likeness (QED) is 0.846. The second-order valence-corrected chi connectivity index (χ2v) is 5.91. The summed E-state index contributed by atoms with van der Waals surface area (Å²) in [6, 6.07) is 1.78. The lowest BCUT2D eigenvalue weighted by Gasteiger charge is -2.09. The molecule has 5 nitrogen and oxygen atoms in total. The molecule has 0 atom stereocenters. The van der Waals surface area contributed by atoms with Crippen LogP contribution in [0.4, 0.5) is 5.95 Å². The molecule has 0 spiro atoms. The molecule has 0 fully saturated rings. The predicted octanol–water partition coefficient (Wildman–Crippen LogP) is 1.24. The van der Waals surface area contributed by atoms with Crippen LogP contribution in [-0.2, 0) is 10.0 Å². The van der Waals surface area contributed by atoms with Crippen LogP contribution in [0.1, 0.15) is 25.2 Å². The molecule has 1 aromatic rings. The summed E-state index contributed by atoms with van der Waals surface area (Å²) in [4.78, 5) is 8.00. The normalized spacial score (nSPS) is 11.8. The van der Waals surface area contributed by atoms with Crippen LogP contribution in [0, 0.1) is 13.8 Å². The Kier molecular flexibility index (Phi) is 3.28. The molecule has 1 heterocycles. The average molecular weight is 229 g/mol. The summed E-state index contributed by atoms with van der Waals surface area (Å²) >= 11 is 0. The molecule has 0 aromatic carbocycles. The zero-order valence-corrected chi connectivity index (χ0v) is 10.1. The standard InChI is InChI=1S/C9H15N3O2S/c1-6(2)15(13,14)12-9-10-7(3)5-8(4)11-9/h5-6H,1-4H3,(H,10,11,12). The first-order valence-electron chi connectivity index (χ1n) is 4.65. The molecule has 0 radical (unpaired) electrons. The van der Waals surface area contributed by atoms with Crippen molar-refractivity contribution in [1.82, 2.24) is 9.97 Å². The Hall–Kier alpha value is -1.17. The lowest BCUT2D eigenvalue weighted by atomic mass is 10.4. The van der Waals surface area contributed by atoms with Gasteiger partial charge in [-0.05, 0) is 33.8 Å². The van der Waals surface area contributed by atoms with Crippen LogP contribution in [-0.4, -0.2) is 23.6 Å². The molecule has 0 aliphatic heterocycles. The molecule has 0 saturated carbocycles. The summed E-state index contributed by atoms with van der Waals surface area (Å²) < 4.78 is 25.4. The number of anilines is 1. The van der Waals surface area contributed by atoms with Crippen molar-refractivity contribution in [3.05, 3.63) is 17.5 Å². The van der Waals surface area contributed by atoms with Crippen molar-refractivity contribution in [1.29, 1.82) is 0 Å². The van der Waals surface area contributed by atoms with E-state index in [2.05, 4.69) is 14.7 Å². The number of hydrogen-bond donors (Lipinski definition) is 1. The third-order valence-corrected chi connectivity index (χ3v) is 3.54. The highest BCUT2D eigenvalue weighted by Crippen LogP contribution is 2.08. The van der Waals surface area contributed by atoms with Crippen molar-refractivity contribution in [3.63, 3.8) is 0 Å². The van der Waals surface area contributed by atoms with Crippen LogP contribution in [0.5, 0.6) is 0 Å². The molecule has 1 N–H and O–H groups in total. The number of sulfonamides is 1. The largest absolute Gasteiger partial charge is 0.251 e. The maximum Gasteiger partial charge on any atom is 0.237 e. The first-order valence-corrected chi connectivity index (χ1v) is 6.20. The van der Waals surface area contributed by atoms with E-state index >= 15 is 0 Å². The molecule has 0 bridgehead atoms. The van der Waals surface area contributed by atoms with Crippen LogP contribution < -0.4 is 4.72 Å². The second-order valence-electron chi connectivity index (χ2n) is 3.67. The van der Waals surface area contributed by atoms with Gasteiger partial charge in [0.15, 0.2) is 0 Å². The van der Waals surface area contributed by atoms with Crippen molar-refractivity contribution in [2.45, 2.75) is 32.9 Å². The van der Waals surface area contributed by atoms with Gasteiger partial charge < -0.3 is 0 Å². The van der Waals surface area contributed by atoms with Crippen molar-refractivity contribution in [2.24, 2.45) is 0 Å². The topological polar surface area (TPSA) is 72.0 Å². The van der Waals surface area contributed by atoms with Gasteiger partial charge >= 0.3 is 0 Å². The first kappa shape index (κ1) is 11.9. The number of aromatic nitrogens is 2. The van der Waals surface area contributed by atoms with Crippen LogP contribution in [0.25, 0.3) is 0 Å². The number of aryl methyl sites for hydroxylation is 2. The van der Waals surface area contributed by atoms with Crippen molar-refractivity contribution < 1.29 is 8.42 Å². The smallest absolute Gasteiger partial charge is 0.237 e. The number of hydrogen-bond acceptors (Lipinski definition) is 4. The van der Waals surface area contributed by atoms with Gasteiger partial charge in [-0.3, -0.25) is 4.72 Å². The van der Waals surface area contributed by atoms with Gasteiger partial charge in [0.1, 0.15) is 0 Å². The Morgan fingerprint density at radius 3 is 2.07 bits per heavy atom. The zero-order chi connectivity index (χ0) is 11.6. The fraction of sp³-hybridized carbons (Fsp3) is 0.556. The molecule has 6 heteroatoms. The summed E-state index contributed by atoms with van der Waals surface area (Å²) in [6.45, 7) is 6.79. The Balaban J connectivity index is 3.00. The molecule has 0 unspecified atom stereocenters. The Labute approximate surface area is 90.0 Å². The maximum absolute atomic E-state index is 11.5. The molecule has 0 amide bonds. The molecular formula is C9H15N3O2S. The van der Waals surface area contributed by atoms with Gasteiger partial charge in [-0.2, -0.15) is 0 Å². The van der Waals surface area contributed by atoms with E-state index in [-0.39, 0.29) is 5.95 Å². The molecule has 0 aliphatic carbocycles. The van der Waals surface area contributed by atoms with E-state index in [1.165, 1.54) is 0 Å². The molecule has 1 aromatic heterocycles. The van der Waals surface area contributed by atoms with Gasteiger partial charge in [0.25, 0.3) is 0 Å².